The number of hydrogen-bond acceptors (Lipinski definition) is 5. The van der Waals surface area contributed by atoms with Crippen molar-refractivity contribution in [3.63, 3.8) is 0 Å². The van der Waals surface area contributed by atoms with Crippen LogP contribution in [0.15, 0.2) is 16.3 Å². The van der Waals surface area contributed by atoms with Crippen LogP contribution in [-0.4, -0.2) is 52.7 Å². The lowest BCUT2D eigenvalue weighted by Crippen LogP contribution is -2.48. The van der Waals surface area contributed by atoms with Gasteiger partial charge in [0.05, 0.1) is 10.9 Å². The predicted molar refractivity (Wildman–Crippen MR) is 81.0 cm³/mol. The summed E-state index contributed by atoms with van der Waals surface area (Å²) < 4.78 is 33.1. The molecule has 5 nitrogen and oxygen atoms in total. The van der Waals surface area contributed by atoms with Crippen molar-refractivity contribution in [2.75, 3.05) is 33.4 Å². The quantitative estimate of drug-likeness (QED) is 0.859. The first kappa shape index (κ1) is 16.2. The van der Waals surface area contributed by atoms with E-state index in [1.165, 1.54) is 0 Å². The van der Waals surface area contributed by atoms with Gasteiger partial charge in [-0.15, -0.1) is 11.3 Å². The maximum atomic E-state index is 12.2. The number of likely N-dealkylation sites (tertiary alicyclic amines) is 1. The maximum Gasteiger partial charge on any atom is 0.250 e. The van der Waals surface area contributed by atoms with Gasteiger partial charge in [-0.25, -0.2) is 13.1 Å². The molecule has 0 radical (unpaired) electrons. The van der Waals surface area contributed by atoms with Gasteiger partial charge in [0.1, 0.15) is 4.21 Å². The van der Waals surface area contributed by atoms with Crippen molar-refractivity contribution < 1.29 is 13.2 Å². The Morgan fingerprint density at radius 1 is 1.55 bits per heavy atom. The zero-order valence-electron chi connectivity index (χ0n) is 11.3. The van der Waals surface area contributed by atoms with E-state index in [4.69, 9.17) is 16.3 Å². The topological polar surface area (TPSA) is 58.6 Å². The molecule has 1 aliphatic rings. The van der Waals surface area contributed by atoms with Gasteiger partial charge < -0.3 is 4.74 Å². The van der Waals surface area contributed by atoms with Crippen molar-refractivity contribution in [3.05, 3.63) is 16.5 Å². The molecule has 2 rings (SSSR count). The van der Waals surface area contributed by atoms with E-state index in [1.54, 1.807) is 19.2 Å². The summed E-state index contributed by atoms with van der Waals surface area (Å²) in [6.07, 6.45) is 1.85. The van der Waals surface area contributed by atoms with Crippen LogP contribution >= 0.6 is 22.9 Å². The van der Waals surface area contributed by atoms with Gasteiger partial charge in [-0.05, 0) is 31.5 Å². The molecule has 2 heterocycles. The van der Waals surface area contributed by atoms with E-state index in [0.29, 0.717) is 10.9 Å². The fourth-order valence-electron chi connectivity index (χ4n) is 2.29. The molecule has 0 amide bonds. The molecule has 1 N–H and O–H groups in total. The molecule has 8 heteroatoms. The van der Waals surface area contributed by atoms with Crippen LogP contribution in [0.1, 0.15) is 12.8 Å². The van der Waals surface area contributed by atoms with Gasteiger partial charge in [0.15, 0.2) is 0 Å². The van der Waals surface area contributed by atoms with Crippen molar-refractivity contribution in [1.29, 1.82) is 0 Å². The Morgan fingerprint density at radius 2 is 2.35 bits per heavy atom. The lowest BCUT2D eigenvalue weighted by Gasteiger charge is -2.32. The SMILES string of the molecule is COCCN1CCCC(NS(=O)(=O)c2ccc(Cl)s2)C1. The summed E-state index contributed by atoms with van der Waals surface area (Å²) in [6, 6.07) is 3.10. The van der Waals surface area contributed by atoms with E-state index >= 15 is 0 Å². The number of ether oxygens (including phenoxy) is 1. The number of methoxy groups -OCH3 is 1. The van der Waals surface area contributed by atoms with Crippen molar-refractivity contribution >= 4 is 33.0 Å². The molecule has 1 atom stereocenters. The van der Waals surface area contributed by atoms with E-state index in [-0.39, 0.29) is 10.3 Å². The standard InChI is InChI=1S/C12H19ClN2O3S2/c1-18-8-7-15-6-2-3-10(9-15)14-20(16,17)12-5-4-11(13)19-12/h4-5,10,14H,2-3,6-9H2,1H3. The molecule has 1 saturated heterocycles. The summed E-state index contributed by atoms with van der Waals surface area (Å²) in [6.45, 7) is 3.22. The molecule has 0 spiro atoms. The average Bonchev–Trinajstić information content (AvgIpc) is 2.84. The minimum atomic E-state index is -3.46. The Kier molecular flexibility index (Phi) is 5.83. The summed E-state index contributed by atoms with van der Waals surface area (Å²) >= 11 is 6.87. The predicted octanol–water partition coefficient (Wildman–Crippen LogP) is 1.79. The molecule has 1 fully saturated rings. The normalized spacial score (nSPS) is 21.2. The lowest BCUT2D eigenvalue weighted by atomic mass is 10.1. The Hall–Kier alpha value is -0.180. The van der Waals surface area contributed by atoms with E-state index in [2.05, 4.69) is 9.62 Å². The first-order valence-electron chi connectivity index (χ1n) is 6.50. The van der Waals surface area contributed by atoms with Crippen LogP contribution < -0.4 is 4.72 Å². The van der Waals surface area contributed by atoms with Crippen LogP contribution in [0.25, 0.3) is 0 Å². The minimum absolute atomic E-state index is 0.0496. The Morgan fingerprint density at radius 3 is 3.00 bits per heavy atom. The van der Waals surface area contributed by atoms with E-state index in [0.717, 1.165) is 43.8 Å². The Bertz CT molecular complexity index is 533. The van der Waals surface area contributed by atoms with E-state index in [9.17, 15) is 8.42 Å². The molecule has 0 aromatic carbocycles. The number of rotatable bonds is 6. The number of thiophene rings is 1. The summed E-state index contributed by atoms with van der Waals surface area (Å²) in [5.41, 5.74) is 0. The second-order valence-corrected chi connectivity index (χ2v) is 8.47. The lowest BCUT2D eigenvalue weighted by molar-refractivity contribution is 0.126. The van der Waals surface area contributed by atoms with Gasteiger partial charge in [-0.1, -0.05) is 11.6 Å². The number of sulfonamides is 1. The first-order chi connectivity index (χ1) is 9.51. The molecule has 20 heavy (non-hydrogen) atoms. The van der Waals surface area contributed by atoms with Gasteiger partial charge in [0, 0.05) is 26.2 Å². The zero-order valence-corrected chi connectivity index (χ0v) is 13.7. The van der Waals surface area contributed by atoms with Crippen LogP contribution in [-0.2, 0) is 14.8 Å². The first-order valence-corrected chi connectivity index (χ1v) is 9.18. The molecular weight excluding hydrogens is 320 g/mol. The highest BCUT2D eigenvalue weighted by Crippen LogP contribution is 2.26. The van der Waals surface area contributed by atoms with Crippen molar-refractivity contribution in [2.24, 2.45) is 0 Å². The molecule has 0 bridgehead atoms. The molecule has 0 aliphatic carbocycles. The van der Waals surface area contributed by atoms with Crippen LogP contribution in [0.4, 0.5) is 0 Å². The highest BCUT2D eigenvalue weighted by Gasteiger charge is 2.25. The van der Waals surface area contributed by atoms with Crippen molar-refractivity contribution in [3.8, 4) is 0 Å². The fraction of sp³-hybridized carbons (Fsp3) is 0.667. The van der Waals surface area contributed by atoms with Gasteiger partial charge >= 0.3 is 0 Å². The molecular formula is C12H19ClN2O3S2. The van der Waals surface area contributed by atoms with Crippen LogP contribution in [0.2, 0.25) is 4.34 Å². The number of hydrogen-bond donors (Lipinski definition) is 1. The van der Waals surface area contributed by atoms with Crippen molar-refractivity contribution in [2.45, 2.75) is 23.1 Å². The third-order valence-corrected chi connectivity index (χ3v) is 6.50. The number of piperidine rings is 1. The zero-order chi connectivity index (χ0) is 14.6. The fourth-order valence-corrected chi connectivity index (χ4v) is 5.06. The monoisotopic (exact) mass is 338 g/mol. The third-order valence-electron chi connectivity index (χ3n) is 3.25. The van der Waals surface area contributed by atoms with Crippen LogP contribution in [0, 0.1) is 0 Å². The summed E-state index contributed by atoms with van der Waals surface area (Å²) in [4.78, 5) is 2.22. The van der Waals surface area contributed by atoms with E-state index < -0.39 is 10.0 Å². The molecule has 1 unspecified atom stereocenters. The smallest absolute Gasteiger partial charge is 0.250 e. The van der Waals surface area contributed by atoms with Gasteiger partial charge in [-0.3, -0.25) is 4.90 Å². The molecule has 1 aromatic heterocycles. The second-order valence-electron chi connectivity index (χ2n) is 4.81. The van der Waals surface area contributed by atoms with Gasteiger partial charge in [-0.2, -0.15) is 0 Å². The highest BCUT2D eigenvalue weighted by molar-refractivity contribution is 7.91. The Labute approximate surface area is 128 Å². The van der Waals surface area contributed by atoms with E-state index in [1.807, 2.05) is 0 Å². The molecule has 0 saturated carbocycles. The second kappa shape index (κ2) is 7.20. The minimum Gasteiger partial charge on any atom is -0.383 e. The molecule has 1 aliphatic heterocycles. The summed E-state index contributed by atoms with van der Waals surface area (Å²) in [7, 11) is -1.79. The van der Waals surface area contributed by atoms with Gasteiger partial charge in [0.2, 0.25) is 10.0 Å². The highest BCUT2D eigenvalue weighted by atomic mass is 35.5. The average molecular weight is 339 g/mol. The third kappa shape index (κ3) is 4.41. The maximum absolute atomic E-state index is 12.2. The largest absolute Gasteiger partial charge is 0.383 e. The summed E-state index contributed by atoms with van der Waals surface area (Å²) in [5, 5.41) is 0. The molecule has 114 valence electrons. The van der Waals surface area contributed by atoms with Crippen molar-refractivity contribution in [1.82, 2.24) is 9.62 Å². The number of nitrogens with one attached hydrogen (secondary N) is 1. The summed E-state index contributed by atoms with van der Waals surface area (Å²) in [5.74, 6) is 0. The Balaban J connectivity index is 1.95. The van der Waals surface area contributed by atoms with Crippen LogP contribution in [0.5, 0.6) is 0 Å². The van der Waals surface area contributed by atoms with Gasteiger partial charge in [0.25, 0.3) is 0 Å². The number of halogens is 1. The molecule has 1 aromatic rings. The number of nitrogens with zero attached hydrogens (tertiary/aromatic N) is 1. The van der Waals surface area contributed by atoms with Crippen LogP contribution in [0.3, 0.4) is 0 Å².